The molecule has 0 radical (unpaired) electrons. The van der Waals surface area contributed by atoms with Gasteiger partial charge < -0.3 is 21.3 Å². The van der Waals surface area contributed by atoms with Crippen molar-refractivity contribution in [1.29, 1.82) is 0 Å². The summed E-state index contributed by atoms with van der Waals surface area (Å²) in [4.78, 5) is 17.1. The zero-order valence-electron chi connectivity index (χ0n) is 16.6. The fraction of sp³-hybridized carbons (Fsp3) is 0.400. The summed E-state index contributed by atoms with van der Waals surface area (Å²) in [6.07, 6.45) is 0.589. The Kier molecular flexibility index (Phi) is 6.42. The second kappa shape index (κ2) is 8.69. The quantitative estimate of drug-likeness (QED) is 0.632. The van der Waals surface area contributed by atoms with Crippen LogP contribution in [0.15, 0.2) is 30.3 Å². The monoisotopic (exact) mass is 441 g/mol. The predicted octanol–water partition coefficient (Wildman–Crippen LogP) is 3.93. The lowest BCUT2D eigenvalue weighted by Crippen LogP contribution is -2.60. The maximum Gasteiger partial charge on any atom is 0.269 e. The Labute approximate surface area is 177 Å². The first-order valence-electron chi connectivity index (χ1n) is 9.45. The smallest absolute Gasteiger partial charge is 0.269 e. The van der Waals surface area contributed by atoms with Crippen LogP contribution in [0.1, 0.15) is 29.6 Å². The Bertz CT molecular complexity index is 943. The van der Waals surface area contributed by atoms with Crippen molar-refractivity contribution in [3.8, 4) is 0 Å². The van der Waals surface area contributed by atoms with Crippen LogP contribution in [0, 0.1) is 5.82 Å². The SMILES string of the molecule is CNC1CCCC(F)(F)C1N(C)c1nc(Nc2cccc(Cl)c2)c(C(N)=O)cc1F. The van der Waals surface area contributed by atoms with E-state index in [0.717, 1.165) is 11.0 Å². The van der Waals surface area contributed by atoms with Crippen molar-refractivity contribution in [3.05, 3.63) is 46.7 Å². The van der Waals surface area contributed by atoms with Crippen molar-refractivity contribution in [3.63, 3.8) is 0 Å². The van der Waals surface area contributed by atoms with Crippen LogP contribution in [0.2, 0.25) is 5.02 Å². The normalized spacial score (nSPS) is 20.6. The number of nitrogens with zero attached hydrogens (tertiary/aromatic N) is 2. The summed E-state index contributed by atoms with van der Waals surface area (Å²) in [5, 5.41) is 6.20. The van der Waals surface area contributed by atoms with E-state index in [-0.39, 0.29) is 23.6 Å². The van der Waals surface area contributed by atoms with Crippen molar-refractivity contribution in [2.24, 2.45) is 5.73 Å². The van der Waals surface area contributed by atoms with Gasteiger partial charge in [0, 0.05) is 30.2 Å². The number of amides is 1. The van der Waals surface area contributed by atoms with Crippen LogP contribution < -0.4 is 21.3 Å². The number of nitrogens with one attached hydrogen (secondary N) is 2. The molecule has 2 atom stereocenters. The van der Waals surface area contributed by atoms with Gasteiger partial charge in [-0.3, -0.25) is 4.79 Å². The molecule has 30 heavy (non-hydrogen) atoms. The van der Waals surface area contributed by atoms with Crippen LogP contribution in [0.5, 0.6) is 0 Å². The molecule has 1 aliphatic carbocycles. The summed E-state index contributed by atoms with van der Waals surface area (Å²) < 4.78 is 44.3. The van der Waals surface area contributed by atoms with Gasteiger partial charge in [0.05, 0.1) is 5.56 Å². The van der Waals surface area contributed by atoms with Crippen molar-refractivity contribution in [2.45, 2.75) is 37.3 Å². The number of pyridine rings is 1. The lowest BCUT2D eigenvalue weighted by molar-refractivity contribution is -0.0632. The van der Waals surface area contributed by atoms with Crippen LogP contribution in [0.3, 0.4) is 0 Å². The molecule has 1 fully saturated rings. The van der Waals surface area contributed by atoms with Crippen LogP contribution in [-0.2, 0) is 0 Å². The van der Waals surface area contributed by atoms with Gasteiger partial charge in [-0.25, -0.2) is 18.2 Å². The third kappa shape index (κ3) is 4.46. The second-order valence-corrected chi connectivity index (χ2v) is 7.73. The van der Waals surface area contributed by atoms with Crippen LogP contribution in [0.25, 0.3) is 0 Å². The predicted molar refractivity (Wildman–Crippen MR) is 111 cm³/mol. The Hall–Kier alpha value is -2.52. The molecule has 10 heteroatoms. The van der Waals surface area contributed by atoms with Gasteiger partial charge in [0.1, 0.15) is 11.9 Å². The molecule has 1 aliphatic rings. The van der Waals surface area contributed by atoms with E-state index in [1.807, 2.05) is 0 Å². The fourth-order valence-electron chi connectivity index (χ4n) is 3.86. The van der Waals surface area contributed by atoms with Gasteiger partial charge in [-0.05, 0) is 44.2 Å². The molecule has 0 saturated heterocycles. The molecule has 0 spiro atoms. The number of halogens is 4. The molecular weight excluding hydrogens is 419 g/mol. The van der Waals surface area contributed by atoms with Gasteiger partial charge >= 0.3 is 0 Å². The number of nitrogens with two attached hydrogens (primary N) is 1. The number of rotatable bonds is 6. The van der Waals surface area contributed by atoms with Crippen LogP contribution in [0.4, 0.5) is 30.5 Å². The molecule has 162 valence electrons. The number of anilines is 3. The maximum absolute atomic E-state index is 14.9. The van der Waals surface area contributed by atoms with E-state index in [9.17, 15) is 18.0 Å². The zero-order chi connectivity index (χ0) is 22.1. The standard InChI is InChI=1S/C20H23ClF3N5O/c1-26-15-7-4-8-20(23,24)16(15)29(2)19-14(22)10-13(17(25)30)18(28-19)27-12-6-3-5-11(21)9-12/h3,5-6,9-10,15-16,26H,4,7-8H2,1-2H3,(H2,25,30)(H,27,28). The summed E-state index contributed by atoms with van der Waals surface area (Å²) in [5.41, 5.74) is 5.64. The number of aromatic nitrogens is 1. The Morgan fingerprint density at radius 1 is 1.37 bits per heavy atom. The molecule has 2 aromatic rings. The highest BCUT2D eigenvalue weighted by Gasteiger charge is 2.49. The first kappa shape index (κ1) is 22.2. The van der Waals surface area contributed by atoms with E-state index in [0.29, 0.717) is 23.6 Å². The number of likely N-dealkylation sites (N-methyl/N-ethyl adjacent to an activating group) is 2. The third-order valence-electron chi connectivity index (χ3n) is 5.27. The minimum Gasteiger partial charge on any atom is -0.365 e. The fourth-order valence-corrected chi connectivity index (χ4v) is 4.05. The number of benzene rings is 1. The van der Waals surface area contributed by atoms with Crippen LogP contribution >= 0.6 is 11.6 Å². The maximum atomic E-state index is 14.9. The van der Waals surface area contributed by atoms with E-state index in [1.165, 1.54) is 7.05 Å². The van der Waals surface area contributed by atoms with E-state index < -0.39 is 29.7 Å². The van der Waals surface area contributed by atoms with Crippen molar-refractivity contribution < 1.29 is 18.0 Å². The van der Waals surface area contributed by atoms with Gasteiger partial charge in [0.25, 0.3) is 11.8 Å². The van der Waals surface area contributed by atoms with E-state index in [2.05, 4.69) is 15.6 Å². The molecule has 1 saturated carbocycles. The minimum atomic E-state index is -3.04. The Balaban J connectivity index is 2.05. The van der Waals surface area contributed by atoms with Gasteiger partial charge in [0.2, 0.25) is 0 Å². The number of hydrogen-bond donors (Lipinski definition) is 3. The largest absolute Gasteiger partial charge is 0.365 e. The summed E-state index contributed by atoms with van der Waals surface area (Å²) in [7, 11) is 2.96. The number of carbonyl (C=O) groups excluding carboxylic acids is 1. The Morgan fingerprint density at radius 3 is 2.73 bits per heavy atom. The molecule has 2 unspecified atom stereocenters. The van der Waals surface area contributed by atoms with Crippen molar-refractivity contribution in [1.82, 2.24) is 10.3 Å². The van der Waals surface area contributed by atoms with Crippen molar-refractivity contribution in [2.75, 3.05) is 24.3 Å². The molecule has 1 heterocycles. The summed E-state index contributed by atoms with van der Waals surface area (Å²) in [6.45, 7) is 0. The van der Waals surface area contributed by atoms with E-state index in [1.54, 1.807) is 31.3 Å². The average molecular weight is 442 g/mol. The molecule has 6 nitrogen and oxygen atoms in total. The number of hydrogen-bond acceptors (Lipinski definition) is 5. The molecule has 3 rings (SSSR count). The topological polar surface area (TPSA) is 83.3 Å². The Morgan fingerprint density at radius 2 is 2.10 bits per heavy atom. The third-order valence-corrected chi connectivity index (χ3v) is 5.51. The van der Waals surface area contributed by atoms with Crippen LogP contribution in [-0.4, -0.2) is 43.0 Å². The molecule has 4 N–H and O–H groups in total. The average Bonchev–Trinajstić information content (AvgIpc) is 2.67. The van der Waals surface area contributed by atoms with Gasteiger partial charge in [0.15, 0.2) is 11.6 Å². The summed E-state index contributed by atoms with van der Waals surface area (Å²) >= 11 is 5.97. The highest BCUT2D eigenvalue weighted by Crippen LogP contribution is 2.39. The molecule has 1 amide bonds. The molecule has 0 bridgehead atoms. The summed E-state index contributed by atoms with van der Waals surface area (Å²) in [5.74, 6) is -5.22. The first-order chi connectivity index (χ1) is 14.1. The van der Waals surface area contributed by atoms with E-state index >= 15 is 0 Å². The first-order valence-corrected chi connectivity index (χ1v) is 9.82. The second-order valence-electron chi connectivity index (χ2n) is 7.29. The molecule has 1 aromatic carbocycles. The molecule has 0 aliphatic heterocycles. The molecule has 1 aromatic heterocycles. The zero-order valence-corrected chi connectivity index (χ0v) is 17.3. The van der Waals surface area contributed by atoms with Gasteiger partial charge in [-0.2, -0.15) is 0 Å². The van der Waals surface area contributed by atoms with Gasteiger partial charge in [-0.15, -0.1) is 0 Å². The lowest BCUT2D eigenvalue weighted by Gasteiger charge is -2.43. The highest BCUT2D eigenvalue weighted by molar-refractivity contribution is 6.30. The van der Waals surface area contributed by atoms with Crippen molar-refractivity contribution >= 4 is 34.8 Å². The van der Waals surface area contributed by atoms with Gasteiger partial charge in [-0.1, -0.05) is 17.7 Å². The summed E-state index contributed by atoms with van der Waals surface area (Å²) in [6, 6.07) is 5.61. The van der Waals surface area contributed by atoms with E-state index in [4.69, 9.17) is 17.3 Å². The highest BCUT2D eigenvalue weighted by atomic mass is 35.5. The number of primary amides is 1. The molecular formula is C20H23ClF3N5O. The minimum absolute atomic E-state index is 0.0480. The lowest BCUT2D eigenvalue weighted by atomic mass is 9.86. The number of carbonyl (C=O) groups is 1. The number of alkyl halides is 2.